The quantitative estimate of drug-likeness (QED) is 0.323. The van der Waals surface area contributed by atoms with E-state index < -0.39 is 63.8 Å². The van der Waals surface area contributed by atoms with Crippen molar-refractivity contribution in [2.75, 3.05) is 0 Å². The average Bonchev–Trinajstić information content (AvgIpc) is 3.13. The van der Waals surface area contributed by atoms with Crippen LogP contribution in [0.25, 0.3) is 0 Å². The van der Waals surface area contributed by atoms with E-state index in [0.29, 0.717) is 31.3 Å². The van der Waals surface area contributed by atoms with Gasteiger partial charge in [0.15, 0.2) is 17.7 Å². The van der Waals surface area contributed by atoms with Gasteiger partial charge in [-0.05, 0) is 86.7 Å². The minimum atomic E-state index is -1.14. The molecule has 42 heavy (non-hydrogen) atoms. The van der Waals surface area contributed by atoms with Gasteiger partial charge >= 0.3 is 17.9 Å². The number of ether oxygens (including phenoxy) is 2. The van der Waals surface area contributed by atoms with Crippen molar-refractivity contribution in [1.29, 1.82) is 0 Å². The molecule has 0 amide bonds. The summed E-state index contributed by atoms with van der Waals surface area (Å²) in [6.45, 7) is 13.6. The number of rotatable bonds is 7. The van der Waals surface area contributed by atoms with Gasteiger partial charge in [0.05, 0.1) is 5.60 Å². The summed E-state index contributed by atoms with van der Waals surface area (Å²) in [5, 5.41) is 20.6. The molecule has 0 aromatic carbocycles. The number of ketones is 2. The Morgan fingerprint density at radius 3 is 2.21 bits per heavy atom. The van der Waals surface area contributed by atoms with Gasteiger partial charge in [-0.3, -0.25) is 19.2 Å². The topological polar surface area (TPSA) is 144 Å². The second kappa shape index (κ2) is 10.7. The highest BCUT2D eigenvalue weighted by molar-refractivity contribution is 5.98. The van der Waals surface area contributed by atoms with Crippen molar-refractivity contribution < 1.29 is 43.7 Å². The first kappa shape index (κ1) is 32.1. The Balaban J connectivity index is 1.90. The second-order valence-corrected chi connectivity index (χ2v) is 14.3. The van der Waals surface area contributed by atoms with Gasteiger partial charge in [0.1, 0.15) is 6.10 Å². The molecular formula is C33H46O9. The van der Waals surface area contributed by atoms with E-state index >= 15 is 0 Å². The summed E-state index contributed by atoms with van der Waals surface area (Å²) < 4.78 is 11.6. The Morgan fingerprint density at radius 2 is 1.67 bits per heavy atom. The van der Waals surface area contributed by atoms with Crippen LogP contribution >= 0.6 is 0 Å². The molecule has 2 N–H and O–H groups in total. The Labute approximate surface area is 248 Å². The molecule has 4 aliphatic rings. The van der Waals surface area contributed by atoms with Gasteiger partial charge in [-0.1, -0.05) is 33.8 Å². The lowest BCUT2D eigenvalue weighted by molar-refractivity contribution is -0.207. The molecule has 0 aromatic rings. The van der Waals surface area contributed by atoms with E-state index in [-0.39, 0.29) is 41.8 Å². The Hall–Kier alpha value is -2.81. The Bertz CT molecular complexity index is 1250. The lowest BCUT2D eigenvalue weighted by atomic mass is 9.37. The number of aliphatic carboxylic acids is 1. The van der Waals surface area contributed by atoms with Gasteiger partial charge in [0.25, 0.3) is 0 Å². The second-order valence-electron chi connectivity index (χ2n) is 14.3. The van der Waals surface area contributed by atoms with Crippen molar-refractivity contribution in [2.45, 2.75) is 112 Å². The van der Waals surface area contributed by atoms with E-state index in [4.69, 9.17) is 9.47 Å². The number of carbonyl (C=O) groups excluding carboxylic acids is 4. The third kappa shape index (κ3) is 4.95. The molecule has 0 saturated heterocycles. The molecule has 0 aliphatic heterocycles. The predicted molar refractivity (Wildman–Crippen MR) is 153 cm³/mol. The van der Waals surface area contributed by atoms with Crippen LogP contribution in [-0.4, -0.2) is 57.5 Å². The summed E-state index contributed by atoms with van der Waals surface area (Å²) in [6, 6.07) is 0. The number of carboxylic acid groups (broad SMARTS) is 1. The number of allylic oxidation sites excluding steroid dienone is 2. The highest BCUT2D eigenvalue weighted by Gasteiger charge is 2.74. The minimum absolute atomic E-state index is 0.107. The molecule has 9 atom stereocenters. The fourth-order valence-corrected chi connectivity index (χ4v) is 9.38. The maximum Gasteiger partial charge on any atom is 0.331 e. The Kier molecular flexibility index (Phi) is 8.20. The first-order chi connectivity index (χ1) is 19.3. The van der Waals surface area contributed by atoms with E-state index in [9.17, 15) is 34.2 Å². The number of carboxylic acids is 1. The molecule has 9 heteroatoms. The van der Waals surface area contributed by atoms with Crippen LogP contribution in [0.2, 0.25) is 0 Å². The van der Waals surface area contributed by atoms with E-state index in [1.165, 1.54) is 13.8 Å². The number of fused-ring (bicyclic) bond motifs is 5. The molecule has 3 fully saturated rings. The summed E-state index contributed by atoms with van der Waals surface area (Å²) in [4.78, 5) is 65.0. The first-order valence-electron chi connectivity index (χ1n) is 15.1. The van der Waals surface area contributed by atoms with Crippen LogP contribution in [0.5, 0.6) is 0 Å². The maximum atomic E-state index is 14.8. The van der Waals surface area contributed by atoms with Gasteiger partial charge in [-0.2, -0.15) is 0 Å². The highest BCUT2D eigenvalue weighted by atomic mass is 16.5. The third-order valence-corrected chi connectivity index (χ3v) is 11.3. The largest absolute Gasteiger partial charge is 0.478 e. The molecule has 9 nitrogen and oxygen atoms in total. The zero-order valence-electron chi connectivity index (χ0n) is 26.1. The molecule has 232 valence electrons. The minimum Gasteiger partial charge on any atom is -0.478 e. The first-order valence-corrected chi connectivity index (χ1v) is 15.1. The van der Waals surface area contributed by atoms with Gasteiger partial charge in [0.2, 0.25) is 0 Å². The van der Waals surface area contributed by atoms with Crippen molar-refractivity contribution in [3.05, 3.63) is 23.3 Å². The van der Waals surface area contributed by atoms with Crippen molar-refractivity contribution in [2.24, 2.45) is 39.9 Å². The zero-order chi connectivity index (χ0) is 31.6. The van der Waals surface area contributed by atoms with Crippen molar-refractivity contribution in [3.63, 3.8) is 0 Å². The fraction of sp³-hybridized carbons (Fsp3) is 0.727. The molecule has 3 saturated carbocycles. The Morgan fingerprint density at radius 1 is 1.05 bits per heavy atom. The van der Waals surface area contributed by atoms with Crippen LogP contribution in [0.3, 0.4) is 0 Å². The number of carbonyl (C=O) groups is 5. The van der Waals surface area contributed by atoms with Crippen LogP contribution in [0, 0.1) is 39.9 Å². The van der Waals surface area contributed by atoms with Gasteiger partial charge in [-0.25, -0.2) is 4.79 Å². The summed E-state index contributed by atoms with van der Waals surface area (Å²) in [5.74, 6) is -4.24. The summed E-state index contributed by atoms with van der Waals surface area (Å²) in [5.41, 5.74) is -2.80. The summed E-state index contributed by atoms with van der Waals surface area (Å²) in [6.07, 6.45) is 3.93. The van der Waals surface area contributed by atoms with Crippen LogP contribution in [0.15, 0.2) is 23.3 Å². The van der Waals surface area contributed by atoms with Crippen molar-refractivity contribution in [1.82, 2.24) is 0 Å². The molecule has 0 spiro atoms. The van der Waals surface area contributed by atoms with Gasteiger partial charge in [-0.15, -0.1) is 0 Å². The van der Waals surface area contributed by atoms with Crippen molar-refractivity contribution >= 4 is 29.5 Å². The van der Waals surface area contributed by atoms with Crippen molar-refractivity contribution in [3.8, 4) is 0 Å². The van der Waals surface area contributed by atoms with Crippen LogP contribution in [-0.2, 0) is 33.4 Å². The number of hydrogen-bond donors (Lipinski definition) is 2. The fourth-order valence-electron chi connectivity index (χ4n) is 9.38. The van der Waals surface area contributed by atoms with Gasteiger partial charge < -0.3 is 19.7 Å². The maximum absolute atomic E-state index is 14.8. The molecule has 0 heterocycles. The lowest BCUT2D eigenvalue weighted by Gasteiger charge is -2.66. The molecular weight excluding hydrogens is 540 g/mol. The lowest BCUT2D eigenvalue weighted by Crippen LogP contribution is -2.69. The molecule has 0 bridgehead atoms. The zero-order valence-corrected chi connectivity index (χ0v) is 26.1. The van der Waals surface area contributed by atoms with Crippen LogP contribution < -0.4 is 0 Å². The van der Waals surface area contributed by atoms with Gasteiger partial charge in [0, 0.05) is 36.7 Å². The predicted octanol–water partition coefficient (Wildman–Crippen LogP) is 4.59. The molecule has 0 aromatic heterocycles. The molecule has 0 radical (unpaired) electrons. The summed E-state index contributed by atoms with van der Waals surface area (Å²) in [7, 11) is 0. The summed E-state index contributed by atoms with van der Waals surface area (Å²) >= 11 is 0. The number of esters is 2. The smallest absolute Gasteiger partial charge is 0.331 e. The van der Waals surface area contributed by atoms with E-state index in [0.717, 1.165) is 0 Å². The standard InChI is InChI=1S/C33H46O9/c1-17-22(36)13-15-31(6)24-12-11-21-25(20(29(38)39)10-9-14-30(4,5)40)23(41-18(2)34)16-32(21,7)33(24,8)28(37)27(26(17)31)42-19(3)35/h13,15,17,21,23-24,26-27,40H,9-12,14,16H2,1-8H3,(H,38,39)/b25-20+/t17-,21+,23+,24+,26-,27+,31-,32+,33-/m1/s1. The van der Waals surface area contributed by atoms with Crippen LogP contribution in [0.1, 0.15) is 93.9 Å². The number of hydrogen-bond acceptors (Lipinski definition) is 8. The molecule has 4 aliphatic carbocycles. The van der Waals surface area contributed by atoms with E-state index in [1.54, 1.807) is 26.8 Å². The third-order valence-electron chi connectivity index (χ3n) is 11.3. The normalized spacial score (nSPS) is 40.5. The molecule has 0 unspecified atom stereocenters. The average molecular weight is 587 g/mol. The number of aliphatic hydroxyl groups is 1. The van der Waals surface area contributed by atoms with E-state index in [2.05, 4.69) is 0 Å². The monoisotopic (exact) mass is 586 g/mol. The highest BCUT2D eigenvalue weighted by Crippen LogP contribution is 2.73. The molecule has 4 rings (SSSR count). The van der Waals surface area contributed by atoms with Crippen LogP contribution in [0.4, 0.5) is 0 Å². The number of Topliss-reactive ketones (excluding diaryl/α,β-unsaturated/α-hetero) is 1. The SMILES string of the molecule is CC(=O)O[C@H]1C[C@@]2(C)[C@@H](CC[C@H]3[C@@]4(C)C=CC(=O)[C@@H](C)[C@@H]4[C@H](OC(C)=O)C(=O)[C@@]32C)/C1=C(/CCCC(C)(C)O)C(=O)O. The van der Waals surface area contributed by atoms with E-state index in [1.807, 2.05) is 26.8 Å².